The summed E-state index contributed by atoms with van der Waals surface area (Å²) >= 11 is 25.0. The van der Waals surface area contributed by atoms with E-state index in [1.807, 2.05) is 0 Å². The molecule has 4 amide bonds. The van der Waals surface area contributed by atoms with Crippen LogP contribution in [0.15, 0.2) is 35.8 Å². The summed E-state index contributed by atoms with van der Waals surface area (Å²) in [5.74, 6) is -0.487. The van der Waals surface area contributed by atoms with Crippen LogP contribution in [0.2, 0.25) is 15.1 Å². The van der Waals surface area contributed by atoms with Crippen LogP contribution in [0.3, 0.4) is 0 Å². The summed E-state index contributed by atoms with van der Waals surface area (Å²) in [6.07, 6.45) is 1.38. The van der Waals surface area contributed by atoms with Crippen molar-refractivity contribution in [2.75, 3.05) is 30.2 Å². The largest absolute Gasteiger partial charge is 0.494 e. The van der Waals surface area contributed by atoms with E-state index in [-0.39, 0.29) is 50.2 Å². The molecule has 14 heteroatoms. The number of benzene rings is 1. The Labute approximate surface area is 230 Å². The molecule has 36 heavy (non-hydrogen) atoms. The number of pyridine rings is 1. The van der Waals surface area contributed by atoms with Crippen LogP contribution < -0.4 is 26.0 Å². The van der Waals surface area contributed by atoms with Gasteiger partial charge in [-0.3, -0.25) is 9.59 Å². The summed E-state index contributed by atoms with van der Waals surface area (Å²) in [7, 11) is 1.38. The van der Waals surface area contributed by atoms with E-state index in [1.165, 1.54) is 31.5 Å². The van der Waals surface area contributed by atoms with E-state index in [2.05, 4.69) is 26.3 Å². The summed E-state index contributed by atoms with van der Waals surface area (Å²) in [4.78, 5) is 42.1. The number of methoxy groups -OCH3 is 1. The lowest BCUT2D eigenvalue weighted by molar-refractivity contribution is 0.102. The van der Waals surface area contributed by atoms with Gasteiger partial charge in [0.25, 0.3) is 11.8 Å². The minimum Gasteiger partial charge on any atom is -0.494 e. The highest BCUT2D eigenvalue weighted by atomic mass is 35.5. The molecule has 0 aliphatic heterocycles. The molecular formula is C22H19Cl4N5O4S. The molecule has 0 bridgehead atoms. The molecule has 0 fully saturated rings. The molecule has 0 atom stereocenters. The number of alkyl halides is 1. The van der Waals surface area contributed by atoms with E-state index >= 15 is 0 Å². The van der Waals surface area contributed by atoms with Gasteiger partial charge in [0.2, 0.25) is 0 Å². The first kappa shape index (κ1) is 27.8. The average molecular weight is 591 g/mol. The number of hydrogen-bond acceptors (Lipinski definition) is 6. The number of hydrogen-bond donors (Lipinski definition) is 4. The zero-order valence-electron chi connectivity index (χ0n) is 18.6. The van der Waals surface area contributed by atoms with E-state index in [9.17, 15) is 14.4 Å². The Hall–Kier alpha value is -2.76. The van der Waals surface area contributed by atoms with Gasteiger partial charge in [0.1, 0.15) is 16.4 Å². The van der Waals surface area contributed by atoms with E-state index < -0.39 is 17.8 Å². The maximum atomic E-state index is 13.1. The standard InChI is InChI=1S/C22H19Cl4N5O4S/c1-35-15-7-13(25)6-14(20(32)30-16-3-2-12(24)9-28-16)18(15)31-21(33)19-17(26)11(10-36-19)8-29-22(34)27-5-4-23/h2-3,6-7,9-10H,4-5,8H2,1H3,(H,31,33)(H2,27,29,34)(H,28,30,32). The number of ether oxygens (including phenoxy) is 1. The third kappa shape index (κ3) is 7.14. The van der Waals surface area contributed by atoms with Crippen LogP contribution in [-0.2, 0) is 6.54 Å². The summed E-state index contributed by atoms with van der Waals surface area (Å²) in [5.41, 5.74) is 0.667. The van der Waals surface area contributed by atoms with Crippen LogP contribution >= 0.6 is 57.7 Å². The summed E-state index contributed by atoms with van der Waals surface area (Å²) in [6.45, 7) is 0.411. The van der Waals surface area contributed by atoms with Gasteiger partial charge in [-0.1, -0.05) is 34.8 Å². The fourth-order valence-electron chi connectivity index (χ4n) is 2.91. The Bertz CT molecular complexity index is 1270. The molecule has 190 valence electrons. The fourth-order valence-corrected chi connectivity index (χ4v) is 4.58. The zero-order valence-corrected chi connectivity index (χ0v) is 22.4. The molecule has 1 aromatic carbocycles. The molecule has 3 aromatic rings. The van der Waals surface area contributed by atoms with Crippen LogP contribution in [0.1, 0.15) is 25.6 Å². The Balaban J connectivity index is 1.82. The Morgan fingerprint density at radius 3 is 2.47 bits per heavy atom. The first-order chi connectivity index (χ1) is 17.2. The monoisotopic (exact) mass is 589 g/mol. The summed E-state index contributed by atoms with van der Waals surface area (Å²) < 4.78 is 5.35. The maximum Gasteiger partial charge on any atom is 0.315 e. The predicted octanol–water partition coefficient (Wildman–Crippen LogP) is 5.65. The molecule has 0 aliphatic carbocycles. The average Bonchev–Trinajstić information content (AvgIpc) is 3.23. The minimum atomic E-state index is -0.592. The number of carbonyl (C=O) groups is 3. The lowest BCUT2D eigenvalue weighted by Crippen LogP contribution is -2.36. The molecule has 0 unspecified atom stereocenters. The van der Waals surface area contributed by atoms with E-state index in [4.69, 9.17) is 51.1 Å². The lowest BCUT2D eigenvalue weighted by atomic mass is 10.1. The quantitative estimate of drug-likeness (QED) is 0.240. The van der Waals surface area contributed by atoms with Gasteiger partial charge < -0.3 is 26.0 Å². The summed E-state index contributed by atoms with van der Waals surface area (Å²) in [6, 6.07) is 5.52. The predicted molar refractivity (Wildman–Crippen MR) is 143 cm³/mol. The number of rotatable bonds is 9. The number of nitrogens with zero attached hydrogens (tertiary/aromatic N) is 1. The molecule has 0 aliphatic rings. The van der Waals surface area contributed by atoms with Crippen LogP contribution in [-0.4, -0.2) is 42.4 Å². The number of thiophene rings is 1. The molecule has 2 heterocycles. The number of anilines is 2. The normalized spacial score (nSPS) is 10.5. The van der Waals surface area contributed by atoms with Crippen molar-refractivity contribution in [3.63, 3.8) is 0 Å². The van der Waals surface area contributed by atoms with Gasteiger partial charge in [-0.15, -0.1) is 22.9 Å². The number of aromatic nitrogens is 1. The van der Waals surface area contributed by atoms with Crippen molar-refractivity contribution in [3.8, 4) is 5.75 Å². The second kappa shape index (κ2) is 13.0. The van der Waals surface area contributed by atoms with Crippen molar-refractivity contribution in [2.24, 2.45) is 0 Å². The van der Waals surface area contributed by atoms with Crippen molar-refractivity contribution in [2.45, 2.75) is 6.54 Å². The minimum absolute atomic E-state index is 0.0370. The van der Waals surface area contributed by atoms with Crippen molar-refractivity contribution in [1.29, 1.82) is 0 Å². The van der Waals surface area contributed by atoms with Crippen molar-refractivity contribution >= 4 is 87.1 Å². The first-order valence-electron chi connectivity index (χ1n) is 10.2. The molecular weight excluding hydrogens is 572 g/mol. The molecule has 4 N–H and O–H groups in total. The number of nitrogens with one attached hydrogen (secondary N) is 4. The van der Waals surface area contributed by atoms with E-state index in [1.54, 1.807) is 11.4 Å². The first-order valence-corrected chi connectivity index (χ1v) is 12.7. The van der Waals surface area contributed by atoms with Gasteiger partial charge in [0.05, 0.1) is 28.4 Å². The summed E-state index contributed by atoms with van der Waals surface area (Å²) in [5, 5.41) is 12.9. The number of carbonyl (C=O) groups excluding carboxylic acids is 3. The second-order valence-corrected chi connectivity index (χ2v) is 9.51. The van der Waals surface area contributed by atoms with Crippen LogP contribution in [0.4, 0.5) is 16.3 Å². The van der Waals surface area contributed by atoms with Crippen molar-refractivity contribution in [3.05, 3.63) is 66.9 Å². The Kier molecular flexibility index (Phi) is 10.0. The van der Waals surface area contributed by atoms with Gasteiger partial charge in [-0.05, 0) is 23.6 Å². The molecule has 9 nitrogen and oxygen atoms in total. The molecule has 0 saturated heterocycles. The topological polar surface area (TPSA) is 121 Å². The van der Waals surface area contributed by atoms with Crippen molar-refractivity contribution in [1.82, 2.24) is 15.6 Å². The Morgan fingerprint density at radius 1 is 1.03 bits per heavy atom. The number of urea groups is 1. The highest BCUT2D eigenvalue weighted by molar-refractivity contribution is 7.13. The fraction of sp³-hybridized carbons (Fsp3) is 0.182. The maximum absolute atomic E-state index is 13.1. The molecule has 2 aromatic heterocycles. The van der Waals surface area contributed by atoms with Gasteiger partial charge in [0.15, 0.2) is 0 Å². The highest BCUT2D eigenvalue weighted by Gasteiger charge is 2.23. The smallest absolute Gasteiger partial charge is 0.315 e. The number of amides is 4. The van der Waals surface area contributed by atoms with Gasteiger partial charge in [0, 0.05) is 41.8 Å². The molecule has 0 spiro atoms. The lowest BCUT2D eigenvalue weighted by Gasteiger charge is -2.15. The zero-order chi connectivity index (χ0) is 26.2. The van der Waals surface area contributed by atoms with E-state index in [0.717, 1.165) is 11.3 Å². The third-order valence-electron chi connectivity index (χ3n) is 4.56. The molecule has 0 saturated carbocycles. The van der Waals surface area contributed by atoms with Crippen LogP contribution in [0, 0.1) is 0 Å². The molecule has 0 radical (unpaired) electrons. The van der Waals surface area contributed by atoms with E-state index in [0.29, 0.717) is 17.1 Å². The Morgan fingerprint density at radius 2 is 1.81 bits per heavy atom. The SMILES string of the molecule is COc1cc(Cl)cc(C(=O)Nc2ccc(Cl)cn2)c1NC(=O)c1scc(CNC(=O)NCCCl)c1Cl. The molecule has 3 rings (SSSR count). The second-order valence-electron chi connectivity index (χ2n) is 7.00. The van der Waals surface area contributed by atoms with Crippen LogP contribution in [0.25, 0.3) is 0 Å². The van der Waals surface area contributed by atoms with Gasteiger partial charge in [-0.2, -0.15) is 0 Å². The third-order valence-corrected chi connectivity index (χ3v) is 6.77. The highest BCUT2D eigenvalue weighted by Crippen LogP contribution is 2.35. The van der Waals surface area contributed by atoms with Gasteiger partial charge in [-0.25, -0.2) is 9.78 Å². The van der Waals surface area contributed by atoms with Crippen LogP contribution in [0.5, 0.6) is 5.75 Å². The van der Waals surface area contributed by atoms with Crippen molar-refractivity contribution < 1.29 is 19.1 Å². The number of halogens is 4. The van der Waals surface area contributed by atoms with Gasteiger partial charge >= 0.3 is 6.03 Å².